The molecule has 5 heterocycles. The molecule has 6 rings (SSSR count). The summed E-state index contributed by atoms with van der Waals surface area (Å²) >= 11 is 0. The Kier molecular flexibility index (Phi) is 8.13. The van der Waals surface area contributed by atoms with Gasteiger partial charge in [0.2, 0.25) is 0 Å². The van der Waals surface area contributed by atoms with E-state index in [0.29, 0.717) is 37.5 Å². The molecule has 0 unspecified atom stereocenters. The zero-order valence-corrected chi connectivity index (χ0v) is 24.0. The number of hydrogen-bond acceptors (Lipinski definition) is 9. The summed E-state index contributed by atoms with van der Waals surface area (Å²) in [4.78, 5) is 28.8. The van der Waals surface area contributed by atoms with E-state index in [4.69, 9.17) is 19.9 Å². The number of likely N-dealkylation sites (tertiary alicyclic amines) is 1. The number of rotatable bonds is 6. The molecule has 4 aliphatic rings. The van der Waals surface area contributed by atoms with E-state index in [1.165, 1.54) is 24.5 Å². The van der Waals surface area contributed by atoms with Crippen molar-refractivity contribution in [1.82, 2.24) is 19.8 Å². The van der Waals surface area contributed by atoms with Gasteiger partial charge in [0.05, 0.1) is 49.8 Å². The monoisotopic (exact) mass is 568 g/mol. The number of carbonyl (C=O) groups is 1. The molecule has 41 heavy (non-hydrogen) atoms. The highest BCUT2D eigenvalue weighted by atomic mass is 19.1. The molecule has 0 aliphatic carbocycles. The third-order valence-electron chi connectivity index (χ3n) is 9.09. The van der Waals surface area contributed by atoms with Gasteiger partial charge >= 0.3 is 0 Å². The zero-order valence-electron chi connectivity index (χ0n) is 24.0. The minimum Gasteiger partial charge on any atom is -0.451 e. The first-order valence-electron chi connectivity index (χ1n) is 14.8. The number of hydrogen-bond donors (Lipinski definition) is 1. The van der Waals surface area contributed by atoms with E-state index in [-0.39, 0.29) is 40.8 Å². The quantitative estimate of drug-likeness (QED) is 0.563. The summed E-state index contributed by atoms with van der Waals surface area (Å²) in [7, 11) is 0. The van der Waals surface area contributed by atoms with Crippen LogP contribution >= 0.6 is 0 Å². The van der Waals surface area contributed by atoms with Gasteiger partial charge in [0.15, 0.2) is 11.6 Å². The van der Waals surface area contributed by atoms with Gasteiger partial charge in [0.1, 0.15) is 17.9 Å². The van der Waals surface area contributed by atoms with Crippen LogP contribution in [0.2, 0.25) is 0 Å². The lowest BCUT2D eigenvalue weighted by molar-refractivity contribution is -0.0277. The van der Waals surface area contributed by atoms with E-state index < -0.39 is 5.82 Å². The zero-order chi connectivity index (χ0) is 28.6. The Labute approximate surface area is 240 Å². The van der Waals surface area contributed by atoms with Crippen LogP contribution in [-0.4, -0.2) is 102 Å². The summed E-state index contributed by atoms with van der Waals surface area (Å²) in [6, 6.07) is 3.98. The van der Waals surface area contributed by atoms with E-state index in [1.54, 1.807) is 11.1 Å². The Morgan fingerprint density at radius 2 is 1.88 bits per heavy atom. The van der Waals surface area contributed by atoms with Crippen LogP contribution in [0.5, 0.6) is 11.5 Å². The van der Waals surface area contributed by atoms with Crippen molar-refractivity contribution < 1.29 is 23.4 Å². The lowest BCUT2D eigenvalue weighted by Crippen LogP contribution is -2.61. The first-order valence-corrected chi connectivity index (χ1v) is 14.8. The first-order chi connectivity index (χ1) is 19.8. The molecule has 0 saturated carbocycles. The summed E-state index contributed by atoms with van der Waals surface area (Å²) in [6.45, 7) is 10.3. The van der Waals surface area contributed by atoms with Gasteiger partial charge in [0, 0.05) is 31.1 Å². The van der Waals surface area contributed by atoms with Crippen molar-refractivity contribution in [2.75, 3.05) is 57.4 Å². The number of amides is 1. The summed E-state index contributed by atoms with van der Waals surface area (Å²) < 4.78 is 32.2. The van der Waals surface area contributed by atoms with Gasteiger partial charge in [-0.1, -0.05) is 0 Å². The second-order valence-electron chi connectivity index (χ2n) is 12.4. The fraction of sp³-hybridized carbons (Fsp3) is 0.633. The molecule has 1 spiro atoms. The van der Waals surface area contributed by atoms with E-state index in [1.807, 2.05) is 13.8 Å². The maximum atomic E-state index is 14.4. The van der Waals surface area contributed by atoms with Gasteiger partial charge in [-0.25, -0.2) is 14.4 Å². The van der Waals surface area contributed by atoms with E-state index in [0.717, 1.165) is 58.4 Å². The number of ether oxygens (including phenoxy) is 3. The summed E-state index contributed by atoms with van der Waals surface area (Å²) in [5.74, 6) is 0.658. The highest BCUT2D eigenvalue weighted by molar-refractivity contribution is 5.97. The minimum atomic E-state index is -0.492. The van der Waals surface area contributed by atoms with Crippen LogP contribution in [-0.2, 0) is 9.47 Å². The van der Waals surface area contributed by atoms with Gasteiger partial charge in [-0.3, -0.25) is 4.79 Å². The van der Waals surface area contributed by atoms with Gasteiger partial charge < -0.3 is 34.6 Å². The highest BCUT2D eigenvalue weighted by Crippen LogP contribution is 2.45. The number of anilines is 1. The molecule has 0 radical (unpaired) electrons. The van der Waals surface area contributed by atoms with Crippen LogP contribution in [0, 0.1) is 11.2 Å². The van der Waals surface area contributed by atoms with Crippen LogP contribution < -0.4 is 15.4 Å². The average Bonchev–Trinajstić information content (AvgIpc) is 2.95. The fourth-order valence-corrected chi connectivity index (χ4v) is 6.74. The van der Waals surface area contributed by atoms with Gasteiger partial charge in [-0.15, -0.1) is 0 Å². The van der Waals surface area contributed by atoms with Gasteiger partial charge in [-0.05, 0) is 70.8 Å². The Morgan fingerprint density at radius 3 is 2.59 bits per heavy atom. The molecule has 1 aromatic heterocycles. The largest absolute Gasteiger partial charge is 0.451 e. The van der Waals surface area contributed by atoms with Crippen molar-refractivity contribution in [3.8, 4) is 11.5 Å². The topological polar surface area (TPSA) is 106 Å². The second-order valence-corrected chi connectivity index (χ2v) is 12.4. The lowest BCUT2D eigenvalue weighted by Gasteiger charge is -2.54. The normalized spacial score (nSPS) is 28.4. The molecule has 222 valence electrons. The van der Waals surface area contributed by atoms with Crippen molar-refractivity contribution in [3.63, 3.8) is 0 Å². The van der Waals surface area contributed by atoms with Crippen LogP contribution in [0.1, 0.15) is 49.9 Å². The number of nitrogens with zero attached hydrogens (tertiary/aromatic N) is 5. The van der Waals surface area contributed by atoms with E-state index >= 15 is 0 Å². The number of carbonyl (C=O) groups excluding carboxylic acids is 1. The lowest BCUT2D eigenvalue weighted by atomic mass is 9.72. The second kappa shape index (κ2) is 11.8. The Balaban J connectivity index is 1.11. The number of aromatic nitrogens is 2. The Bertz CT molecular complexity index is 1220. The molecular formula is C30H41FN6O4. The smallest absolute Gasteiger partial charge is 0.258 e. The number of nitrogens with two attached hydrogens (primary N) is 1. The molecule has 1 amide bonds. The highest BCUT2D eigenvalue weighted by Gasteiger charge is 2.46. The molecule has 10 nitrogen and oxygen atoms in total. The number of piperidine rings is 1. The molecule has 2 N–H and O–H groups in total. The molecule has 0 bridgehead atoms. The third-order valence-corrected chi connectivity index (χ3v) is 9.09. The first kappa shape index (κ1) is 28.3. The molecule has 4 fully saturated rings. The number of benzene rings is 1. The summed E-state index contributed by atoms with van der Waals surface area (Å²) in [5.41, 5.74) is 6.41. The van der Waals surface area contributed by atoms with Crippen molar-refractivity contribution >= 4 is 11.7 Å². The molecule has 1 aromatic carbocycles. The average molecular weight is 569 g/mol. The Morgan fingerprint density at radius 1 is 1.12 bits per heavy atom. The molecule has 2 aromatic rings. The van der Waals surface area contributed by atoms with Crippen LogP contribution in [0.3, 0.4) is 0 Å². The van der Waals surface area contributed by atoms with Crippen molar-refractivity contribution in [2.45, 2.75) is 63.8 Å². The third kappa shape index (κ3) is 6.04. The molecule has 11 heteroatoms. The SMILES string of the molecule is C[C@@H]1COC[C@@H](C)N1C(=O)c1cc(F)ccc1Oc1cncnc1N1CC2(CCN(C[C@@H]3CC[C@@H](N)CO3)CC2)C1. The van der Waals surface area contributed by atoms with E-state index in [9.17, 15) is 9.18 Å². The molecule has 4 atom stereocenters. The summed E-state index contributed by atoms with van der Waals surface area (Å²) in [5, 5.41) is 0. The Hall–Kier alpha value is -2.86. The van der Waals surface area contributed by atoms with Crippen molar-refractivity contribution in [3.05, 3.63) is 42.1 Å². The summed E-state index contributed by atoms with van der Waals surface area (Å²) in [6.07, 6.45) is 7.76. The number of halogens is 1. The van der Waals surface area contributed by atoms with Gasteiger partial charge in [-0.2, -0.15) is 0 Å². The molecule has 4 saturated heterocycles. The maximum absolute atomic E-state index is 14.4. The van der Waals surface area contributed by atoms with Crippen molar-refractivity contribution in [1.29, 1.82) is 0 Å². The fourth-order valence-electron chi connectivity index (χ4n) is 6.74. The maximum Gasteiger partial charge on any atom is 0.258 e. The standard InChI is InChI=1S/C30H41FN6O4/c1-20-14-39-15-21(2)37(20)29(38)25-11-22(31)3-6-26(25)41-27-12-33-19-34-28(27)36-17-30(18-36)7-9-35(10-8-30)13-24-5-4-23(32)16-40-24/h3,6,11-12,19-21,23-24H,4-5,7-10,13-18,32H2,1-2H3/t20-,21-,23-,24+/m1/s1. The molecule has 4 aliphatic heterocycles. The predicted octanol–water partition coefficient (Wildman–Crippen LogP) is 3.07. The predicted molar refractivity (Wildman–Crippen MR) is 152 cm³/mol. The van der Waals surface area contributed by atoms with Crippen LogP contribution in [0.4, 0.5) is 10.2 Å². The van der Waals surface area contributed by atoms with Crippen LogP contribution in [0.15, 0.2) is 30.7 Å². The van der Waals surface area contributed by atoms with Crippen molar-refractivity contribution in [2.24, 2.45) is 11.1 Å². The van der Waals surface area contributed by atoms with Crippen LogP contribution in [0.25, 0.3) is 0 Å². The molecular weight excluding hydrogens is 527 g/mol. The van der Waals surface area contributed by atoms with E-state index in [2.05, 4.69) is 19.8 Å². The minimum absolute atomic E-state index is 0.129. The van der Waals surface area contributed by atoms with Gasteiger partial charge in [0.25, 0.3) is 5.91 Å². The number of morpholine rings is 1.